The van der Waals surface area contributed by atoms with Crippen LogP contribution in [0.25, 0.3) is 0 Å². The average molecular weight is 491 g/mol. The number of carbonyl (C=O) groups excluding carboxylic acids is 2. The van der Waals surface area contributed by atoms with Gasteiger partial charge in [0.15, 0.2) is 0 Å². The lowest BCUT2D eigenvalue weighted by Crippen LogP contribution is -2.27. The Kier molecular flexibility index (Phi) is 8.85. The van der Waals surface area contributed by atoms with E-state index in [9.17, 15) is 18.0 Å². The standard InChI is InChI=1S/C12H16N2O4S.C11H14N2O2/c1-19(16,17)18-8-5-10-3-2-4-11(9-10)14-7-6-13-12(14)15;14-7-4-9-2-1-3-10(8-9)13-6-5-12-11(13)15/h2-4,9H,5-8H2,1H3,(H,13,15);1-3,8,14H,4-7H2,(H,12,15). The fourth-order valence-electron chi connectivity index (χ4n) is 3.64. The Morgan fingerprint density at radius 3 is 1.79 bits per heavy atom. The number of carbonyl (C=O) groups is 2. The number of urea groups is 2. The summed E-state index contributed by atoms with van der Waals surface area (Å²) >= 11 is 0. The van der Waals surface area contributed by atoms with Crippen molar-refractivity contribution < 1.29 is 27.3 Å². The van der Waals surface area contributed by atoms with Crippen LogP contribution in [0, 0.1) is 0 Å². The zero-order valence-electron chi connectivity index (χ0n) is 19.1. The zero-order valence-corrected chi connectivity index (χ0v) is 19.9. The van der Waals surface area contributed by atoms with Crippen molar-refractivity contribution in [3.05, 3.63) is 59.7 Å². The molecular weight excluding hydrogens is 460 g/mol. The molecule has 2 aliphatic rings. The van der Waals surface area contributed by atoms with E-state index in [-0.39, 0.29) is 25.3 Å². The van der Waals surface area contributed by atoms with Gasteiger partial charge in [-0.3, -0.25) is 14.0 Å². The SMILES string of the molecule is CS(=O)(=O)OCCc1cccc(N2CCNC2=O)c1.O=C1NCCN1c1cccc(CCO)c1. The van der Waals surface area contributed by atoms with Crippen molar-refractivity contribution in [1.82, 2.24) is 10.6 Å². The smallest absolute Gasteiger partial charge is 0.321 e. The molecule has 0 spiro atoms. The van der Waals surface area contributed by atoms with E-state index < -0.39 is 10.1 Å². The van der Waals surface area contributed by atoms with Crippen LogP contribution in [0.2, 0.25) is 0 Å². The lowest BCUT2D eigenvalue weighted by molar-refractivity contribution is 0.251. The Bertz CT molecular complexity index is 1110. The number of rotatable bonds is 8. The highest BCUT2D eigenvalue weighted by Gasteiger charge is 2.21. The third kappa shape index (κ3) is 7.44. The topological polar surface area (TPSA) is 128 Å². The second kappa shape index (κ2) is 11.8. The van der Waals surface area contributed by atoms with Crippen LogP contribution in [0.4, 0.5) is 21.0 Å². The molecule has 0 unspecified atom stereocenters. The molecule has 0 atom stereocenters. The first-order valence-corrected chi connectivity index (χ1v) is 12.8. The molecule has 2 saturated heterocycles. The quantitative estimate of drug-likeness (QED) is 0.481. The molecule has 10 nitrogen and oxygen atoms in total. The fourth-order valence-corrected chi connectivity index (χ4v) is 4.02. The molecule has 0 bridgehead atoms. The van der Waals surface area contributed by atoms with E-state index in [1.807, 2.05) is 48.5 Å². The number of anilines is 2. The maximum Gasteiger partial charge on any atom is 0.321 e. The maximum absolute atomic E-state index is 11.5. The number of benzene rings is 2. The van der Waals surface area contributed by atoms with Gasteiger partial charge in [0.2, 0.25) is 0 Å². The summed E-state index contributed by atoms with van der Waals surface area (Å²) in [5, 5.41) is 14.3. The van der Waals surface area contributed by atoms with Crippen LogP contribution < -0.4 is 20.4 Å². The van der Waals surface area contributed by atoms with Gasteiger partial charge in [0.05, 0.1) is 12.9 Å². The van der Waals surface area contributed by atoms with Crippen LogP contribution >= 0.6 is 0 Å². The van der Waals surface area contributed by atoms with Crippen LogP contribution in [-0.2, 0) is 27.1 Å². The van der Waals surface area contributed by atoms with Crippen LogP contribution in [0.1, 0.15) is 11.1 Å². The number of hydrogen-bond acceptors (Lipinski definition) is 6. The van der Waals surface area contributed by atoms with E-state index in [0.29, 0.717) is 39.0 Å². The van der Waals surface area contributed by atoms with E-state index in [1.165, 1.54) is 0 Å². The molecular formula is C23H30N4O6S. The highest BCUT2D eigenvalue weighted by molar-refractivity contribution is 7.85. The van der Waals surface area contributed by atoms with Gasteiger partial charge in [0.1, 0.15) is 0 Å². The molecule has 34 heavy (non-hydrogen) atoms. The van der Waals surface area contributed by atoms with E-state index in [1.54, 1.807) is 9.80 Å². The van der Waals surface area contributed by atoms with Gasteiger partial charge in [0.25, 0.3) is 10.1 Å². The molecule has 3 N–H and O–H groups in total. The maximum atomic E-state index is 11.5. The summed E-state index contributed by atoms with van der Waals surface area (Å²) in [5.41, 5.74) is 3.69. The predicted molar refractivity (Wildman–Crippen MR) is 130 cm³/mol. The van der Waals surface area contributed by atoms with Crippen molar-refractivity contribution in [1.29, 1.82) is 0 Å². The summed E-state index contributed by atoms with van der Waals surface area (Å²) in [7, 11) is -3.40. The average Bonchev–Trinajstić information content (AvgIpc) is 3.42. The number of nitrogens with zero attached hydrogens (tertiary/aromatic N) is 2. The van der Waals surface area contributed by atoms with Crippen LogP contribution in [0.15, 0.2) is 48.5 Å². The lowest BCUT2D eigenvalue weighted by Gasteiger charge is -2.15. The Morgan fingerprint density at radius 2 is 1.38 bits per heavy atom. The van der Waals surface area contributed by atoms with Crippen LogP contribution in [0.5, 0.6) is 0 Å². The molecule has 2 fully saturated rings. The molecule has 4 rings (SSSR count). The van der Waals surface area contributed by atoms with Crippen molar-refractivity contribution in [2.45, 2.75) is 12.8 Å². The molecule has 2 heterocycles. The first kappa shape index (κ1) is 25.5. The number of hydrogen-bond donors (Lipinski definition) is 3. The molecule has 4 amide bonds. The number of nitrogens with one attached hydrogen (secondary N) is 2. The van der Waals surface area contributed by atoms with Crippen LogP contribution in [0.3, 0.4) is 0 Å². The first-order valence-electron chi connectivity index (χ1n) is 11.0. The second-order valence-corrected chi connectivity index (χ2v) is 9.50. The highest BCUT2D eigenvalue weighted by atomic mass is 32.2. The normalized spacial score (nSPS) is 15.6. The second-order valence-electron chi connectivity index (χ2n) is 7.86. The number of amides is 4. The molecule has 11 heteroatoms. The van der Waals surface area contributed by atoms with Crippen molar-refractivity contribution in [2.75, 3.05) is 55.4 Å². The first-order chi connectivity index (χ1) is 16.3. The van der Waals surface area contributed by atoms with E-state index >= 15 is 0 Å². The van der Waals surface area contributed by atoms with Crippen molar-refractivity contribution in [2.24, 2.45) is 0 Å². The van der Waals surface area contributed by atoms with Gasteiger partial charge in [0, 0.05) is 44.2 Å². The zero-order chi connectivity index (χ0) is 24.6. The van der Waals surface area contributed by atoms with Crippen molar-refractivity contribution in [3.63, 3.8) is 0 Å². The number of aliphatic hydroxyl groups is 1. The molecule has 2 aromatic rings. The Balaban J connectivity index is 0.000000196. The monoisotopic (exact) mass is 490 g/mol. The van der Waals surface area contributed by atoms with Gasteiger partial charge in [-0.25, -0.2) is 9.59 Å². The van der Waals surface area contributed by atoms with E-state index in [4.69, 9.17) is 9.29 Å². The van der Waals surface area contributed by atoms with Gasteiger partial charge >= 0.3 is 12.1 Å². The summed E-state index contributed by atoms with van der Waals surface area (Å²) in [5.74, 6) is 0. The summed E-state index contributed by atoms with van der Waals surface area (Å²) in [6.45, 7) is 2.93. The summed E-state index contributed by atoms with van der Waals surface area (Å²) in [6, 6.07) is 15.0. The molecule has 0 radical (unpaired) electrons. The minimum absolute atomic E-state index is 0.0452. The van der Waals surface area contributed by atoms with E-state index in [2.05, 4.69) is 10.6 Å². The minimum Gasteiger partial charge on any atom is -0.396 e. The predicted octanol–water partition coefficient (Wildman–Crippen LogP) is 1.49. The lowest BCUT2D eigenvalue weighted by atomic mass is 10.1. The molecule has 2 aromatic carbocycles. The minimum atomic E-state index is -3.40. The Hall–Kier alpha value is -3.15. The molecule has 184 valence electrons. The Morgan fingerprint density at radius 1 is 0.882 bits per heavy atom. The summed E-state index contributed by atoms with van der Waals surface area (Å²) in [4.78, 5) is 26.3. The van der Waals surface area contributed by atoms with Crippen LogP contribution in [-0.4, -0.2) is 71.2 Å². The fraction of sp³-hybridized carbons (Fsp3) is 0.391. The van der Waals surface area contributed by atoms with E-state index in [0.717, 1.165) is 28.8 Å². The molecule has 0 aliphatic carbocycles. The molecule has 0 aromatic heterocycles. The molecule has 0 saturated carbocycles. The highest BCUT2D eigenvalue weighted by Crippen LogP contribution is 2.19. The van der Waals surface area contributed by atoms with Gasteiger partial charge in [-0.1, -0.05) is 24.3 Å². The summed E-state index contributed by atoms with van der Waals surface area (Å²) < 4.78 is 26.4. The third-order valence-corrected chi connectivity index (χ3v) is 5.84. The third-order valence-electron chi connectivity index (χ3n) is 5.25. The van der Waals surface area contributed by atoms with Crippen molar-refractivity contribution in [3.8, 4) is 0 Å². The molecule has 2 aliphatic heterocycles. The van der Waals surface area contributed by atoms with Gasteiger partial charge in [-0.05, 0) is 48.2 Å². The Labute approximate surface area is 199 Å². The van der Waals surface area contributed by atoms with Crippen molar-refractivity contribution >= 4 is 33.6 Å². The largest absolute Gasteiger partial charge is 0.396 e. The number of aliphatic hydroxyl groups excluding tert-OH is 1. The van der Waals surface area contributed by atoms with Gasteiger partial charge < -0.3 is 15.7 Å². The van der Waals surface area contributed by atoms with Gasteiger partial charge in [-0.2, -0.15) is 8.42 Å². The summed E-state index contributed by atoms with van der Waals surface area (Å²) in [6.07, 6.45) is 2.14. The van der Waals surface area contributed by atoms with Gasteiger partial charge in [-0.15, -0.1) is 0 Å².